The zero-order valence-electron chi connectivity index (χ0n) is 17.4. The fraction of sp³-hybridized carbons (Fsp3) is 0.318. The molecule has 0 saturated carbocycles. The van der Waals surface area contributed by atoms with Crippen LogP contribution in [0.4, 0.5) is 4.39 Å². The average molecular weight is 449 g/mol. The molecule has 0 atom stereocenters. The van der Waals surface area contributed by atoms with Crippen molar-refractivity contribution in [2.75, 3.05) is 27.3 Å². The van der Waals surface area contributed by atoms with Gasteiger partial charge in [0.1, 0.15) is 5.82 Å². The third-order valence-corrected chi connectivity index (χ3v) is 6.61. The maximum atomic E-state index is 13.0. The van der Waals surface area contributed by atoms with Crippen molar-refractivity contribution in [1.29, 1.82) is 0 Å². The molecule has 1 N–H and O–H groups in total. The molecule has 2 aromatic carbocycles. The number of halogens is 1. The van der Waals surface area contributed by atoms with Crippen molar-refractivity contribution in [3.63, 3.8) is 0 Å². The van der Waals surface area contributed by atoms with Gasteiger partial charge < -0.3 is 14.4 Å². The molecule has 166 valence electrons. The van der Waals surface area contributed by atoms with Crippen molar-refractivity contribution in [2.24, 2.45) is 0 Å². The first-order valence-corrected chi connectivity index (χ1v) is 11.3. The molecule has 0 aromatic heterocycles. The highest BCUT2D eigenvalue weighted by Gasteiger charge is 2.26. The number of benzene rings is 2. The Bertz CT molecular complexity index is 1050. The molecule has 0 radical (unpaired) electrons. The smallest absolute Gasteiger partial charge is 0.246 e. The van der Waals surface area contributed by atoms with Gasteiger partial charge in [0, 0.05) is 25.2 Å². The normalized spacial score (nSPS) is 15.3. The number of piperidine rings is 1. The first kappa shape index (κ1) is 22.8. The number of nitrogens with one attached hydrogen (secondary N) is 1. The second-order valence-corrected chi connectivity index (χ2v) is 8.84. The van der Waals surface area contributed by atoms with E-state index in [1.54, 1.807) is 37.3 Å². The van der Waals surface area contributed by atoms with Gasteiger partial charge in [-0.2, -0.15) is 0 Å². The van der Waals surface area contributed by atoms with Gasteiger partial charge in [0.15, 0.2) is 11.5 Å². The quantitative estimate of drug-likeness (QED) is 0.659. The van der Waals surface area contributed by atoms with E-state index >= 15 is 0 Å². The largest absolute Gasteiger partial charge is 0.493 e. The van der Waals surface area contributed by atoms with Crippen LogP contribution in [0.25, 0.3) is 6.08 Å². The number of methoxy groups -OCH3 is 2. The van der Waals surface area contributed by atoms with Gasteiger partial charge >= 0.3 is 0 Å². The van der Waals surface area contributed by atoms with Crippen LogP contribution in [0.15, 0.2) is 53.4 Å². The van der Waals surface area contributed by atoms with Crippen LogP contribution in [0.1, 0.15) is 18.4 Å². The Hall–Kier alpha value is -2.91. The van der Waals surface area contributed by atoms with Crippen LogP contribution in [-0.2, 0) is 14.8 Å². The number of hydrogen-bond acceptors (Lipinski definition) is 5. The third-order valence-electron chi connectivity index (χ3n) is 5.08. The number of carbonyl (C=O) groups excluding carboxylic acids is 1. The number of ether oxygens (including phenoxy) is 2. The molecule has 0 bridgehead atoms. The minimum atomic E-state index is -3.73. The molecule has 1 amide bonds. The third kappa shape index (κ3) is 5.83. The van der Waals surface area contributed by atoms with Crippen molar-refractivity contribution >= 4 is 22.0 Å². The molecule has 3 rings (SSSR count). The Morgan fingerprint density at radius 3 is 2.32 bits per heavy atom. The zero-order valence-corrected chi connectivity index (χ0v) is 18.2. The fourth-order valence-electron chi connectivity index (χ4n) is 3.35. The van der Waals surface area contributed by atoms with Gasteiger partial charge in [-0.15, -0.1) is 0 Å². The van der Waals surface area contributed by atoms with E-state index in [4.69, 9.17) is 9.47 Å². The van der Waals surface area contributed by atoms with Crippen molar-refractivity contribution in [1.82, 2.24) is 9.62 Å². The molecule has 31 heavy (non-hydrogen) atoms. The molecule has 2 aromatic rings. The van der Waals surface area contributed by atoms with Crippen molar-refractivity contribution in [3.8, 4) is 11.5 Å². The van der Waals surface area contributed by atoms with Crippen LogP contribution in [0.5, 0.6) is 11.5 Å². The summed E-state index contributed by atoms with van der Waals surface area (Å²) >= 11 is 0. The first-order valence-electron chi connectivity index (χ1n) is 9.79. The predicted molar refractivity (Wildman–Crippen MR) is 115 cm³/mol. The number of amides is 1. The molecule has 1 heterocycles. The second-order valence-electron chi connectivity index (χ2n) is 7.12. The monoisotopic (exact) mass is 448 g/mol. The Kier molecular flexibility index (Phi) is 7.29. The zero-order chi connectivity index (χ0) is 22.4. The van der Waals surface area contributed by atoms with Gasteiger partial charge in [-0.25, -0.2) is 17.5 Å². The summed E-state index contributed by atoms with van der Waals surface area (Å²) in [6.45, 7) is 0.872. The molecule has 0 unspecified atom stereocenters. The maximum absolute atomic E-state index is 13.0. The van der Waals surface area contributed by atoms with E-state index < -0.39 is 15.8 Å². The van der Waals surface area contributed by atoms with Crippen LogP contribution < -0.4 is 14.2 Å². The van der Waals surface area contributed by atoms with Crippen molar-refractivity contribution in [2.45, 2.75) is 23.8 Å². The lowest BCUT2D eigenvalue weighted by atomic mass is 10.1. The summed E-state index contributed by atoms with van der Waals surface area (Å²) in [6.07, 6.45) is 4.19. The number of likely N-dealkylation sites (tertiary alicyclic amines) is 1. The van der Waals surface area contributed by atoms with Crippen molar-refractivity contribution in [3.05, 3.63) is 59.9 Å². The Labute approximate surface area is 181 Å². The summed E-state index contributed by atoms with van der Waals surface area (Å²) in [5, 5.41) is 0. The number of sulfonamides is 1. The van der Waals surface area contributed by atoms with E-state index in [9.17, 15) is 17.6 Å². The van der Waals surface area contributed by atoms with Crippen LogP contribution in [0.3, 0.4) is 0 Å². The molecular formula is C22H25FN2O5S. The van der Waals surface area contributed by atoms with Crippen LogP contribution in [0, 0.1) is 5.82 Å². The molecule has 0 spiro atoms. The minimum absolute atomic E-state index is 0.0188. The van der Waals surface area contributed by atoms with Gasteiger partial charge in [-0.05, 0) is 60.9 Å². The van der Waals surface area contributed by atoms with E-state index in [1.165, 1.54) is 18.2 Å². The molecular weight excluding hydrogens is 423 g/mol. The highest BCUT2D eigenvalue weighted by atomic mass is 32.2. The first-order chi connectivity index (χ1) is 14.8. The van der Waals surface area contributed by atoms with Crippen molar-refractivity contribution < 1.29 is 27.1 Å². The number of carbonyl (C=O) groups is 1. The summed E-state index contributed by atoms with van der Waals surface area (Å²) in [4.78, 5) is 14.2. The van der Waals surface area contributed by atoms with E-state index in [0.717, 1.165) is 17.7 Å². The van der Waals surface area contributed by atoms with Gasteiger partial charge in [0.05, 0.1) is 19.1 Å². The summed E-state index contributed by atoms with van der Waals surface area (Å²) < 4.78 is 51.0. The predicted octanol–water partition coefficient (Wildman–Crippen LogP) is 2.83. The fourth-order valence-corrected chi connectivity index (χ4v) is 4.65. The van der Waals surface area contributed by atoms with Crippen LogP contribution in [0.2, 0.25) is 0 Å². The molecule has 1 aliphatic rings. The van der Waals surface area contributed by atoms with E-state index in [-0.39, 0.29) is 16.8 Å². The SMILES string of the molecule is COc1ccc(/C=C/C(=O)N2CCC(NS(=O)(=O)c3ccc(F)cc3)CC2)cc1OC. The molecule has 0 aliphatic carbocycles. The lowest BCUT2D eigenvalue weighted by Crippen LogP contribution is -2.46. The second kappa shape index (κ2) is 9.93. The van der Waals surface area contributed by atoms with Gasteiger partial charge in [-0.3, -0.25) is 4.79 Å². The molecule has 1 saturated heterocycles. The topological polar surface area (TPSA) is 84.9 Å². The number of hydrogen-bond donors (Lipinski definition) is 1. The number of nitrogens with zero attached hydrogens (tertiary/aromatic N) is 1. The minimum Gasteiger partial charge on any atom is -0.493 e. The molecule has 1 fully saturated rings. The highest BCUT2D eigenvalue weighted by molar-refractivity contribution is 7.89. The van der Waals surface area contributed by atoms with Gasteiger partial charge in [0.25, 0.3) is 0 Å². The Morgan fingerprint density at radius 1 is 1.06 bits per heavy atom. The Morgan fingerprint density at radius 2 is 1.71 bits per heavy atom. The van der Waals surface area contributed by atoms with Gasteiger partial charge in [-0.1, -0.05) is 6.07 Å². The average Bonchev–Trinajstić information content (AvgIpc) is 2.77. The van der Waals surface area contributed by atoms with E-state index in [2.05, 4.69) is 4.72 Å². The van der Waals surface area contributed by atoms with Gasteiger partial charge in [0.2, 0.25) is 15.9 Å². The van der Waals surface area contributed by atoms with Crippen LogP contribution >= 0.6 is 0 Å². The van der Waals surface area contributed by atoms with E-state index in [1.807, 2.05) is 6.07 Å². The maximum Gasteiger partial charge on any atom is 0.246 e. The summed E-state index contributed by atoms with van der Waals surface area (Å²) in [5.74, 6) is 0.545. The Balaban J connectivity index is 1.55. The lowest BCUT2D eigenvalue weighted by Gasteiger charge is -2.31. The summed E-state index contributed by atoms with van der Waals surface area (Å²) in [6, 6.07) is 9.77. The standard InChI is InChI=1S/C22H25FN2O5S/c1-29-20-9-3-16(15-21(20)30-2)4-10-22(26)25-13-11-18(12-14-25)24-31(27,28)19-7-5-17(23)6-8-19/h3-10,15,18,24H,11-14H2,1-2H3/b10-4+. The number of rotatable bonds is 7. The van der Waals surface area contributed by atoms with E-state index in [0.29, 0.717) is 37.4 Å². The molecule has 7 nitrogen and oxygen atoms in total. The highest BCUT2D eigenvalue weighted by Crippen LogP contribution is 2.28. The summed E-state index contributed by atoms with van der Waals surface area (Å²) in [7, 11) is -0.627. The lowest BCUT2D eigenvalue weighted by molar-refractivity contribution is -0.126. The molecule has 9 heteroatoms. The van der Waals surface area contributed by atoms with Crippen LogP contribution in [-0.4, -0.2) is 52.6 Å². The summed E-state index contributed by atoms with van der Waals surface area (Å²) in [5.41, 5.74) is 0.799. The molecule has 1 aliphatic heterocycles.